The van der Waals surface area contributed by atoms with Gasteiger partial charge in [-0.25, -0.2) is 0 Å². The monoisotopic (exact) mass is 276 g/mol. The largest absolute Gasteiger partial charge is 0.392 e. The maximum absolute atomic E-state index is 9.52. The third-order valence-corrected chi connectivity index (χ3v) is 3.43. The van der Waals surface area contributed by atoms with Gasteiger partial charge in [0.15, 0.2) is 5.15 Å². The number of hydrogen-bond donors (Lipinski definition) is 1. The molecule has 0 aliphatic heterocycles. The first kappa shape index (κ1) is 14.0. The third-order valence-electron chi connectivity index (χ3n) is 3.12. The van der Waals surface area contributed by atoms with E-state index in [0.717, 1.165) is 36.1 Å². The molecule has 0 fully saturated rings. The average Bonchev–Trinajstić information content (AvgIpc) is 2.46. The van der Waals surface area contributed by atoms with Crippen LogP contribution in [0.25, 0.3) is 11.3 Å². The highest BCUT2D eigenvalue weighted by atomic mass is 35.5. The standard InChI is InChI=1S/C15H17ClN2O/c1-2-3-9-12-13(10-19)15(16)18-17-14(12)11-7-5-4-6-8-11/h4-8,19H,2-3,9-10H2,1H3. The van der Waals surface area contributed by atoms with Gasteiger partial charge in [0.1, 0.15) is 0 Å². The molecule has 3 nitrogen and oxygen atoms in total. The van der Waals surface area contributed by atoms with Crippen LogP contribution in [-0.2, 0) is 13.0 Å². The molecule has 1 heterocycles. The zero-order chi connectivity index (χ0) is 13.7. The maximum Gasteiger partial charge on any atom is 0.157 e. The van der Waals surface area contributed by atoms with Crippen molar-refractivity contribution in [1.29, 1.82) is 0 Å². The lowest BCUT2D eigenvalue weighted by Crippen LogP contribution is -2.04. The van der Waals surface area contributed by atoms with Gasteiger partial charge in [-0.05, 0) is 18.4 Å². The minimum Gasteiger partial charge on any atom is -0.392 e. The lowest BCUT2D eigenvalue weighted by atomic mass is 9.98. The number of rotatable bonds is 5. The van der Waals surface area contributed by atoms with E-state index in [2.05, 4.69) is 17.1 Å². The van der Waals surface area contributed by atoms with E-state index in [1.165, 1.54) is 0 Å². The van der Waals surface area contributed by atoms with Crippen LogP contribution >= 0.6 is 11.6 Å². The van der Waals surface area contributed by atoms with Crippen molar-refractivity contribution in [2.45, 2.75) is 32.8 Å². The fraction of sp³-hybridized carbons (Fsp3) is 0.333. The van der Waals surface area contributed by atoms with Gasteiger partial charge in [0.05, 0.1) is 12.3 Å². The van der Waals surface area contributed by atoms with Gasteiger partial charge in [0.25, 0.3) is 0 Å². The van der Waals surface area contributed by atoms with Crippen molar-refractivity contribution in [1.82, 2.24) is 10.2 Å². The maximum atomic E-state index is 9.52. The molecule has 0 unspecified atom stereocenters. The summed E-state index contributed by atoms with van der Waals surface area (Å²) in [6.45, 7) is 2.03. The second kappa shape index (κ2) is 6.64. The molecule has 4 heteroatoms. The number of nitrogens with zero attached hydrogens (tertiary/aromatic N) is 2. The van der Waals surface area contributed by atoms with Crippen LogP contribution in [0.5, 0.6) is 0 Å². The molecule has 1 aromatic heterocycles. The Morgan fingerprint density at radius 2 is 1.84 bits per heavy atom. The van der Waals surface area contributed by atoms with Crippen LogP contribution < -0.4 is 0 Å². The summed E-state index contributed by atoms with van der Waals surface area (Å²) in [5, 5.41) is 18.0. The van der Waals surface area contributed by atoms with Crippen molar-refractivity contribution in [2.24, 2.45) is 0 Å². The summed E-state index contributed by atoms with van der Waals surface area (Å²) in [5.74, 6) is 0. The summed E-state index contributed by atoms with van der Waals surface area (Å²) >= 11 is 6.03. The SMILES string of the molecule is CCCCc1c(-c2ccccc2)nnc(Cl)c1CO. The number of aliphatic hydroxyl groups is 1. The van der Waals surface area contributed by atoms with Gasteiger partial charge in [0, 0.05) is 11.1 Å². The smallest absolute Gasteiger partial charge is 0.157 e. The van der Waals surface area contributed by atoms with Crippen molar-refractivity contribution < 1.29 is 5.11 Å². The number of hydrogen-bond acceptors (Lipinski definition) is 3. The predicted molar refractivity (Wildman–Crippen MR) is 77.0 cm³/mol. The Hall–Kier alpha value is -1.45. The second-order valence-corrected chi connectivity index (χ2v) is 4.78. The Morgan fingerprint density at radius 1 is 1.11 bits per heavy atom. The summed E-state index contributed by atoms with van der Waals surface area (Å²) in [6, 6.07) is 9.89. The Bertz CT molecular complexity index is 543. The molecule has 1 N–H and O–H groups in total. The highest BCUT2D eigenvalue weighted by Crippen LogP contribution is 2.28. The average molecular weight is 277 g/mol. The topological polar surface area (TPSA) is 46.0 Å². The van der Waals surface area contributed by atoms with Gasteiger partial charge in [-0.1, -0.05) is 55.3 Å². The molecular weight excluding hydrogens is 260 g/mol. The molecule has 0 aliphatic rings. The van der Waals surface area contributed by atoms with Gasteiger partial charge in [-0.15, -0.1) is 10.2 Å². The number of halogens is 1. The lowest BCUT2D eigenvalue weighted by Gasteiger charge is -2.13. The van der Waals surface area contributed by atoms with E-state index >= 15 is 0 Å². The fourth-order valence-corrected chi connectivity index (χ4v) is 2.31. The Kier molecular flexibility index (Phi) is 4.88. The molecule has 0 saturated heterocycles. The van der Waals surface area contributed by atoms with Gasteiger partial charge in [-0.2, -0.15) is 0 Å². The van der Waals surface area contributed by atoms with Crippen molar-refractivity contribution in [3.8, 4) is 11.3 Å². The molecule has 0 aliphatic carbocycles. The van der Waals surface area contributed by atoms with E-state index in [9.17, 15) is 5.11 Å². The van der Waals surface area contributed by atoms with Crippen molar-refractivity contribution in [2.75, 3.05) is 0 Å². The normalized spacial score (nSPS) is 10.7. The molecular formula is C15H17ClN2O. The number of aliphatic hydroxyl groups excluding tert-OH is 1. The van der Waals surface area contributed by atoms with E-state index in [-0.39, 0.29) is 6.61 Å². The van der Waals surface area contributed by atoms with Crippen molar-refractivity contribution in [3.63, 3.8) is 0 Å². The highest BCUT2D eigenvalue weighted by molar-refractivity contribution is 6.30. The Morgan fingerprint density at radius 3 is 2.47 bits per heavy atom. The molecule has 100 valence electrons. The van der Waals surface area contributed by atoms with Crippen LogP contribution in [0, 0.1) is 0 Å². The zero-order valence-electron chi connectivity index (χ0n) is 10.9. The minimum absolute atomic E-state index is 0.104. The molecule has 19 heavy (non-hydrogen) atoms. The highest BCUT2D eigenvalue weighted by Gasteiger charge is 2.15. The molecule has 0 bridgehead atoms. The number of aromatic nitrogens is 2. The van der Waals surface area contributed by atoms with Crippen LogP contribution in [-0.4, -0.2) is 15.3 Å². The first-order valence-corrected chi connectivity index (χ1v) is 6.86. The van der Waals surface area contributed by atoms with E-state index in [1.54, 1.807) is 0 Å². The predicted octanol–water partition coefficient (Wildman–Crippen LogP) is 3.63. The summed E-state index contributed by atoms with van der Waals surface area (Å²) in [4.78, 5) is 0. The summed E-state index contributed by atoms with van der Waals surface area (Å²) in [7, 11) is 0. The molecule has 0 amide bonds. The quantitative estimate of drug-likeness (QED) is 0.907. The molecule has 0 radical (unpaired) electrons. The van der Waals surface area contributed by atoms with Gasteiger partial charge in [-0.3, -0.25) is 0 Å². The molecule has 0 saturated carbocycles. The van der Waals surface area contributed by atoms with E-state index in [0.29, 0.717) is 10.7 Å². The fourth-order valence-electron chi connectivity index (χ4n) is 2.09. The van der Waals surface area contributed by atoms with Gasteiger partial charge in [0.2, 0.25) is 0 Å². The van der Waals surface area contributed by atoms with E-state index in [4.69, 9.17) is 11.6 Å². The lowest BCUT2D eigenvalue weighted by molar-refractivity contribution is 0.280. The van der Waals surface area contributed by atoms with Crippen LogP contribution in [0.15, 0.2) is 30.3 Å². The van der Waals surface area contributed by atoms with Crippen LogP contribution in [0.4, 0.5) is 0 Å². The van der Waals surface area contributed by atoms with Crippen LogP contribution in [0.2, 0.25) is 5.15 Å². The molecule has 0 spiro atoms. The van der Waals surface area contributed by atoms with Crippen molar-refractivity contribution in [3.05, 3.63) is 46.6 Å². The first-order valence-electron chi connectivity index (χ1n) is 6.48. The first-order chi connectivity index (χ1) is 9.27. The second-order valence-electron chi connectivity index (χ2n) is 4.42. The molecule has 0 atom stereocenters. The summed E-state index contributed by atoms with van der Waals surface area (Å²) in [6.07, 6.45) is 2.97. The summed E-state index contributed by atoms with van der Waals surface area (Å²) < 4.78 is 0. The summed E-state index contributed by atoms with van der Waals surface area (Å²) in [5.41, 5.74) is 3.54. The van der Waals surface area contributed by atoms with Gasteiger partial charge < -0.3 is 5.11 Å². The van der Waals surface area contributed by atoms with E-state index < -0.39 is 0 Å². The van der Waals surface area contributed by atoms with Crippen LogP contribution in [0.3, 0.4) is 0 Å². The van der Waals surface area contributed by atoms with Crippen molar-refractivity contribution >= 4 is 11.6 Å². The van der Waals surface area contributed by atoms with Crippen LogP contribution in [0.1, 0.15) is 30.9 Å². The Labute approximate surface area is 118 Å². The molecule has 1 aromatic carbocycles. The van der Waals surface area contributed by atoms with Gasteiger partial charge >= 0.3 is 0 Å². The van der Waals surface area contributed by atoms with E-state index in [1.807, 2.05) is 30.3 Å². The molecule has 2 rings (SSSR count). The third kappa shape index (κ3) is 3.11. The number of unbranched alkanes of at least 4 members (excludes halogenated alkanes) is 1. The minimum atomic E-state index is -0.104. The zero-order valence-corrected chi connectivity index (χ0v) is 11.7. The Balaban J connectivity index is 2.53. The molecule has 2 aromatic rings. The number of benzene rings is 1.